The van der Waals surface area contributed by atoms with Crippen LogP contribution in [0.25, 0.3) is 0 Å². The zero-order chi connectivity index (χ0) is 10.3. The van der Waals surface area contributed by atoms with Crippen LogP contribution in [0.4, 0.5) is 0 Å². The van der Waals surface area contributed by atoms with E-state index in [2.05, 4.69) is 25.3 Å². The Labute approximate surface area is 80.2 Å². The summed E-state index contributed by atoms with van der Waals surface area (Å²) in [5, 5.41) is 9.75. The van der Waals surface area contributed by atoms with Crippen LogP contribution >= 0.6 is 0 Å². The van der Waals surface area contributed by atoms with E-state index in [0.29, 0.717) is 0 Å². The molecule has 0 aliphatic rings. The molecule has 0 spiro atoms. The third-order valence-corrected chi connectivity index (χ3v) is 2.17. The molecule has 1 heterocycles. The van der Waals surface area contributed by atoms with E-state index in [1.807, 2.05) is 18.5 Å². The van der Waals surface area contributed by atoms with Gasteiger partial charge in [-0.25, -0.2) is 0 Å². The van der Waals surface area contributed by atoms with Crippen LogP contribution in [0, 0.1) is 0 Å². The molecule has 1 aromatic heterocycles. The Morgan fingerprint density at radius 3 is 1.92 bits per heavy atom. The van der Waals surface area contributed by atoms with Gasteiger partial charge in [0.2, 0.25) is 0 Å². The Morgan fingerprint density at radius 2 is 1.69 bits per heavy atom. The van der Waals surface area contributed by atoms with E-state index < -0.39 is 5.60 Å². The molecule has 74 valence electrons. The molecular formula is C11H19NO. The Morgan fingerprint density at radius 1 is 1.15 bits per heavy atom. The van der Waals surface area contributed by atoms with Crippen LogP contribution in [0.3, 0.4) is 0 Å². The summed E-state index contributed by atoms with van der Waals surface area (Å²) in [4.78, 5) is 0. The van der Waals surface area contributed by atoms with Gasteiger partial charge in [-0.3, -0.25) is 0 Å². The van der Waals surface area contributed by atoms with Gasteiger partial charge < -0.3 is 9.67 Å². The highest BCUT2D eigenvalue weighted by molar-refractivity contribution is 5.18. The SMILES string of the molecule is CC(C)(O)c1ccn(C(C)(C)C)c1. The van der Waals surface area contributed by atoms with Crippen LogP contribution in [0.15, 0.2) is 18.5 Å². The lowest BCUT2D eigenvalue weighted by atomic mass is 10.0. The highest BCUT2D eigenvalue weighted by Gasteiger charge is 2.19. The predicted octanol–water partition coefficient (Wildman–Crippen LogP) is 2.47. The monoisotopic (exact) mass is 181 g/mol. The summed E-state index contributed by atoms with van der Waals surface area (Å²) in [6.07, 6.45) is 4.01. The summed E-state index contributed by atoms with van der Waals surface area (Å²) in [6, 6.07) is 1.96. The molecular weight excluding hydrogens is 162 g/mol. The average Bonchev–Trinajstić information content (AvgIpc) is 2.28. The molecule has 0 aliphatic carbocycles. The van der Waals surface area contributed by atoms with Gasteiger partial charge in [-0.05, 0) is 40.7 Å². The first kappa shape index (κ1) is 10.3. The highest BCUT2D eigenvalue weighted by Crippen LogP contribution is 2.23. The molecule has 0 bridgehead atoms. The van der Waals surface area contributed by atoms with Gasteiger partial charge in [0.25, 0.3) is 0 Å². The average molecular weight is 181 g/mol. The van der Waals surface area contributed by atoms with E-state index in [1.165, 1.54) is 0 Å². The first-order valence-corrected chi connectivity index (χ1v) is 4.62. The van der Waals surface area contributed by atoms with Crippen LogP contribution in [0.1, 0.15) is 40.2 Å². The van der Waals surface area contributed by atoms with Crippen LogP contribution in [-0.4, -0.2) is 9.67 Å². The number of nitrogens with zero attached hydrogens (tertiary/aromatic N) is 1. The molecule has 0 fully saturated rings. The molecule has 0 aromatic carbocycles. The Balaban J connectivity index is 3.01. The van der Waals surface area contributed by atoms with E-state index in [9.17, 15) is 5.11 Å². The molecule has 0 radical (unpaired) electrons. The van der Waals surface area contributed by atoms with Gasteiger partial charge in [0.1, 0.15) is 0 Å². The lowest BCUT2D eigenvalue weighted by molar-refractivity contribution is 0.0784. The largest absolute Gasteiger partial charge is 0.386 e. The molecule has 2 heteroatoms. The molecule has 2 nitrogen and oxygen atoms in total. The van der Waals surface area contributed by atoms with Crippen molar-refractivity contribution in [2.45, 2.75) is 45.8 Å². The molecule has 1 rings (SSSR count). The minimum absolute atomic E-state index is 0.0868. The van der Waals surface area contributed by atoms with Crippen molar-refractivity contribution >= 4 is 0 Å². The smallest absolute Gasteiger partial charge is 0.0855 e. The van der Waals surface area contributed by atoms with Crippen molar-refractivity contribution in [1.82, 2.24) is 4.57 Å². The van der Waals surface area contributed by atoms with E-state index in [-0.39, 0.29) is 5.54 Å². The molecule has 0 aliphatic heterocycles. The maximum atomic E-state index is 9.75. The fourth-order valence-electron chi connectivity index (χ4n) is 1.18. The zero-order valence-electron chi connectivity index (χ0n) is 9.13. The molecule has 0 unspecified atom stereocenters. The van der Waals surface area contributed by atoms with E-state index in [1.54, 1.807) is 13.8 Å². The van der Waals surface area contributed by atoms with Gasteiger partial charge in [0.05, 0.1) is 5.60 Å². The molecule has 1 aromatic rings. The Bertz CT molecular complexity index is 257. The van der Waals surface area contributed by atoms with Crippen molar-refractivity contribution in [3.8, 4) is 0 Å². The van der Waals surface area contributed by atoms with Crippen LogP contribution in [-0.2, 0) is 11.1 Å². The number of aliphatic hydroxyl groups is 1. The number of aromatic nitrogens is 1. The second kappa shape index (κ2) is 2.88. The van der Waals surface area contributed by atoms with Gasteiger partial charge >= 0.3 is 0 Å². The van der Waals surface area contributed by atoms with Crippen molar-refractivity contribution in [3.63, 3.8) is 0 Å². The Kier molecular flexibility index (Phi) is 2.28. The fourth-order valence-corrected chi connectivity index (χ4v) is 1.18. The summed E-state index contributed by atoms with van der Waals surface area (Å²) in [5.41, 5.74) is 0.308. The predicted molar refractivity (Wildman–Crippen MR) is 54.7 cm³/mol. The van der Waals surface area contributed by atoms with Gasteiger partial charge in [-0.15, -0.1) is 0 Å². The topological polar surface area (TPSA) is 25.2 Å². The molecule has 0 atom stereocenters. The van der Waals surface area contributed by atoms with Crippen molar-refractivity contribution in [2.75, 3.05) is 0 Å². The Hall–Kier alpha value is -0.760. The maximum Gasteiger partial charge on any atom is 0.0855 e. The van der Waals surface area contributed by atoms with Crippen LogP contribution in [0.5, 0.6) is 0 Å². The number of hydrogen-bond donors (Lipinski definition) is 1. The van der Waals surface area contributed by atoms with Gasteiger partial charge in [0.15, 0.2) is 0 Å². The van der Waals surface area contributed by atoms with Crippen molar-refractivity contribution in [1.29, 1.82) is 0 Å². The molecule has 1 N–H and O–H groups in total. The quantitative estimate of drug-likeness (QED) is 0.707. The zero-order valence-corrected chi connectivity index (χ0v) is 9.13. The minimum atomic E-state index is -0.740. The normalized spacial score (nSPS) is 13.4. The lowest BCUT2D eigenvalue weighted by Crippen LogP contribution is -2.20. The summed E-state index contributed by atoms with van der Waals surface area (Å²) in [6.45, 7) is 10.0. The van der Waals surface area contributed by atoms with Gasteiger partial charge in [0, 0.05) is 23.5 Å². The lowest BCUT2D eigenvalue weighted by Gasteiger charge is -2.22. The van der Waals surface area contributed by atoms with Crippen molar-refractivity contribution in [3.05, 3.63) is 24.0 Å². The van der Waals surface area contributed by atoms with E-state index in [4.69, 9.17) is 0 Å². The molecule has 0 saturated carbocycles. The minimum Gasteiger partial charge on any atom is -0.386 e. The summed E-state index contributed by atoms with van der Waals surface area (Å²) < 4.78 is 2.11. The third kappa shape index (κ3) is 2.34. The number of rotatable bonds is 1. The first-order valence-electron chi connectivity index (χ1n) is 4.62. The van der Waals surface area contributed by atoms with E-state index >= 15 is 0 Å². The molecule has 13 heavy (non-hydrogen) atoms. The number of hydrogen-bond acceptors (Lipinski definition) is 1. The molecule has 0 amide bonds. The highest BCUT2D eigenvalue weighted by atomic mass is 16.3. The van der Waals surface area contributed by atoms with Gasteiger partial charge in [-0.2, -0.15) is 0 Å². The van der Waals surface area contributed by atoms with Crippen molar-refractivity contribution in [2.24, 2.45) is 0 Å². The van der Waals surface area contributed by atoms with Gasteiger partial charge in [-0.1, -0.05) is 0 Å². The maximum absolute atomic E-state index is 9.75. The summed E-state index contributed by atoms with van der Waals surface area (Å²) >= 11 is 0. The van der Waals surface area contributed by atoms with E-state index in [0.717, 1.165) is 5.56 Å². The summed E-state index contributed by atoms with van der Waals surface area (Å²) in [5.74, 6) is 0. The van der Waals surface area contributed by atoms with Crippen molar-refractivity contribution < 1.29 is 5.11 Å². The first-order chi connectivity index (χ1) is 5.71. The molecule has 0 saturated heterocycles. The second-order valence-corrected chi connectivity index (χ2v) is 5.04. The standard InChI is InChI=1S/C11H19NO/c1-10(2,3)12-7-6-9(8-12)11(4,5)13/h6-8,13H,1-5H3. The van der Waals surface area contributed by atoms with Crippen LogP contribution in [0.2, 0.25) is 0 Å². The van der Waals surface area contributed by atoms with Crippen LogP contribution < -0.4 is 0 Å². The fraction of sp³-hybridized carbons (Fsp3) is 0.636. The summed E-state index contributed by atoms with van der Waals surface area (Å²) in [7, 11) is 0. The third-order valence-electron chi connectivity index (χ3n) is 2.17. The second-order valence-electron chi connectivity index (χ2n) is 5.04.